The van der Waals surface area contributed by atoms with Gasteiger partial charge < -0.3 is 15.0 Å². The Morgan fingerprint density at radius 2 is 1.85 bits per heavy atom. The molecular weight excluding hydrogens is 392 g/mol. The minimum Gasteiger partial charge on any atom is -0.497 e. The first kappa shape index (κ1) is 18.9. The van der Waals surface area contributed by atoms with Crippen molar-refractivity contribution < 1.29 is 9.53 Å². The summed E-state index contributed by atoms with van der Waals surface area (Å²) in [5.41, 5.74) is 2.11. The molecule has 0 aliphatic carbocycles. The molecule has 0 aromatic heterocycles. The number of halogens is 1. The van der Waals surface area contributed by atoms with Gasteiger partial charge in [0.15, 0.2) is 0 Å². The molecule has 2 aromatic carbocycles. The molecule has 0 bridgehead atoms. The normalized spacial score (nSPS) is 15.6. The van der Waals surface area contributed by atoms with Crippen molar-refractivity contribution in [3.8, 4) is 5.75 Å². The fourth-order valence-corrected chi connectivity index (χ4v) is 3.78. The molecule has 1 unspecified atom stereocenters. The van der Waals surface area contributed by atoms with Crippen LogP contribution in [-0.4, -0.2) is 37.6 Å². The van der Waals surface area contributed by atoms with E-state index in [0.717, 1.165) is 41.0 Å². The predicted molar refractivity (Wildman–Crippen MR) is 107 cm³/mol. The van der Waals surface area contributed by atoms with Crippen molar-refractivity contribution in [2.45, 2.75) is 25.3 Å². The predicted octanol–water partition coefficient (Wildman–Crippen LogP) is 3.95. The van der Waals surface area contributed by atoms with Crippen LogP contribution in [0.3, 0.4) is 0 Å². The monoisotopic (exact) mass is 416 g/mol. The zero-order chi connectivity index (χ0) is 18.4. The Balaban J connectivity index is 1.71. The average molecular weight is 417 g/mol. The Morgan fingerprint density at radius 3 is 2.50 bits per heavy atom. The molecule has 1 heterocycles. The summed E-state index contributed by atoms with van der Waals surface area (Å²) >= 11 is 3.52. The highest BCUT2D eigenvalue weighted by molar-refractivity contribution is 9.10. The molecule has 4 nitrogen and oxygen atoms in total. The van der Waals surface area contributed by atoms with Crippen LogP contribution in [0.25, 0.3) is 0 Å². The molecule has 0 radical (unpaired) electrons. The van der Waals surface area contributed by atoms with E-state index in [1.54, 1.807) is 7.11 Å². The molecule has 5 heteroatoms. The van der Waals surface area contributed by atoms with Crippen molar-refractivity contribution in [1.29, 1.82) is 0 Å². The van der Waals surface area contributed by atoms with Gasteiger partial charge in [0, 0.05) is 11.0 Å². The lowest BCUT2D eigenvalue weighted by atomic mass is 10.0. The highest BCUT2D eigenvalue weighted by Gasteiger charge is 2.21. The van der Waals surface area contributed by atoms with Gasteiger partial charge in [0.05, 0.1) is 19.6 Å². The zero-order valence-electron chi connectivity index (χ0n) is 15.1. The van der Waals surface area contributed by atoms with E-state index in [-0.39, 0.29) is 11.9 Å². The van der Waals surface area contributed by atoms with Crippen molar-refractivity contribution >= 4 is 21.8 Å². The van der Waals surface area contributed by atoms with E-state index in [4.69, 9.17) is 4.74 Å². The van der Waals surface area contributed by atoms with Gasteiger partial charge in [-0.05, 0) is 55.3 Å². The Bertz CT molecular complexity index is 727. The van der Waals surface area contributed by atoms with Crippen LogP contribution in [-0.2, 0) is 11.2 Å². The van der Waals surface area contributed by atoms with E-state index in [0.29, 0.717) is 6.42 Å². The second kappa shape index (κ2) is 9.19. The number of nitrogens with one attached hydrogen (secondary N) is 1. The number of hydrogen-bond donors (Lipinski definition) is 1. The van der Waals surface area contributed by atoms with E-state index >= 15 is 0 Å². The smallest absolute Gasteiger partial charge is 0.224 e. The van der Waals surface area contributed by atoms with Crippen LogP contribution >= 0.6 is 15.9 Å². The summed E-state index contributed by atoms with van der Waals surface area (Å²) in [7, 11) is 1.66. The molecule has 0 saturated carbocycles. The number of likely N-dealkylation sites (tertiary alicyclic amines) is 1. The fraction of sp³-hybridized carbons (Fsp3) is 0.381. The summed E-state index contributed by atoms with van der Waals surface area (Å²) in [6.07, 6.45) is 2.84. The zero-order valence-corrected chi connectivity index (χ0v) is 16.7. The largest absolute Gasteiger partial charge is 0.497 e. The number of rotatable bonds is 7. The van der Waals surface area contributed by atoms with Gasteiger partial charge in [-0.15, -0.1) is 0 Å². The maximum absolute atomic E-state index is 12.7. The molecule has 0 spiro atoms. The summed E-state index contributed by atoms with van der Waals surface area (Å²) in [6, 6.07) is 15.8. The Labute approximate surface area is 163 Å². The van der Waals surface area contributed by atoms with Gasteiger partial charge in [0.25, 0.3) is 0 Å². The number of benzene rings is 2. The topological polar surface area (TPSA) is 41.6 Å². The summed E-state index contributed by atoms with van der Waals surface area (Å²) in [6.45, 7) is 3.05. The van der Waals surface area contributed by atoms with E-state index in [1.807, 2.05) is 48.5 Å². The van der Waals surface area contributed by atoms with Crippen molar-refractivity contribution in [3.63, 3.8) is 0 Å². The van der Waals surface area contributed by atoms with Crippen LogP contribution in [0.4, 0.5) is 0 Å². The molecule has 1 amide bonds. The van der Waals surface area contributed by atoms with Crippen LogP contribution in [0, 0.1) is 0 Å². The first-order valence-electron chi connectivity index (χ1n) is 9.05. The summed E-state index contributed by atoms with van der Waals surface area (Å²) in [5.74, 6) is 0.866. The highest BCUT2D eigenvalue weighted by atomic mass is 79.9. The molecule has 1 N–H and O–H groups in total. The SMILES string of the molecule is COc1ccc(C(CN2CCCC2)NC(=O)Cc2ccccc2Br)cc1. The Hall–Kier alpha value is -1.85. The van der Waals surface area contributed by atoms with E-state index in [2.05, 4.69) is 26.1 Å². The number of nitrogens with zero attached hydrogens (tertiary/aromatic N) is 1. The van der Waals surface area contributed by atoms with Crippen LogP contribution in [0.5, 0.6) is 5.75 Å². The van der Waals surface area contributed by atoms with E-state index in [1.165, 1.54) is 12.8 Å². The summed E-state index contributed by atoms with van der Waals surface area (Å²) in [5, 5.41) is 3.23. The number of methoxy groups -OCH3 is 1. The lowest BCUT2D eigenvalue weighted by Crippen LogP contribution is -2.37. The Morgan fingerprint density at radius 1 is 1.15 bits per heavy atom. The van der Waals surface area contributed by atoms with E-state index in [9.17, 15) is 4.79 Å². The second-order valence-corrected chi connectivity index (χ2v) is 7.52. The van der Waals surface area contributed by atoms with Gasteiger partial charge in [0.1, 0.15) is 5.75 Å². The number of carbonyl (C=O) groups is 1. The van der Waals surface area contributed by atoms with Gasteiger partial charge in [0.2, 0.25) is 5.91 Å². The van der Waals surface area contributed by atoms with E-state index < -0.39 is 0 Å². The number of hydrogen-bond acceptors (Lipinski definition) is 3. The molecule has 1 atom stereocenters. The maximum atomic E-state index is 12.7. The first-order chi connectivity index (χ1) is 12.7. The van der Waals surface area contributed by atoms with Gasteiger partial charge in [-0.1, -0.05) is 46.3 Å². The molecule has 2 aromatic rings. The van der Waals surface area contributed by atoms with Gasteiger partial charge in [-0.25, -0.2) is 0 Å². The van der Waals surface area contributed by atoms with Crippen molar-refractivity contribution in [2.24, 2.45) is 0 Å². The number of carbonyl (C=O) groups excluding carboxylic acids is 1. The molecular formula is C21H25BrN2O2. The van der Waals surface area contributed by atoms with Crippen molar-refractivity contribution in [1.82, 2.24) is 10.2 Å². The molecule has 138 valence electrons. The molecule has 1 saturated heterocycles. The summed E-state index contributed by atoms with van der Waals surface area (Å²) in [4.78, 5) is 15.1. The Kier molecular flexibility index (Phi) is 6.69. The third-order valence-corrected chi connectivity index (χ3v) is 5.58. The molecule has 1 aliphatic heterocycles. The standard InChI is InChI=1S/C21H25BrN2O2/c1-26-18-10-8-16(9-11-18)20(15-24-12-4-5-13-24)23-21(25)14-17-6-2-3-7-19(17)22/h2-3,6-11,20H,4-5,12-15H2,1H3,(H,23,25). The van der Waals surface area contributed by atoms with Crippen molar-refractivity contribution in [3.05, 3.63) is 64.1 Å². The molecule has 1 aliphatic rings. The minimum atomic E-state index is -0.0195. The maximum Gasteiger partial charge on any atom is 0.224 e. The van der Waals surface area contributed by atoms with Crippen LogP contribution in [0.1, 0.15) is 30.0 Å². The van der Waals surface area contributed by atoms with Gasteiger partial charge >= 0.3 is 0 Å². The lowest BCUT2D eigenvalue weighted by molar-refractivity contribution is -0.121. The fourth-order valence-electron chi connectivity index (χ4n) is 3.35. The number of ether oxygens (including phenoxy) is 1. The van der Waals surface area contributed by atoms with Crippen LogP contribution < -0.4 is 10.1 Å². The second-order valence-electron chi connectivity index (χ2n) is 6.67. The quantitative estimate of drug-likeness (QED) is 0.742. The van der Waals surface area contributed by atoms with Crippen molar-refractivity contribution in [2.75, 3.05) is 26.7 Å². The lowest BCUT2D eigenvalue weighted by Gasteiger charge is -2.25. The third kappa shape index (κ3) is 5.08. The average Bonchev–Trinajstić information content (AvgIpc) is 3.16. The van der Waals surface area contributed by atoms with Crippen LogP contribution in [0.15, 0.2) is 53.0 Å². The van der Waals surface area contributed by atoms with Gasteiger partial charge in [-0.2, -0.15) is 0 Å². The molecule has 3 rings (SSSR count). The van der Waals surface area contributed by atoms with Gasteiger partial charge in [-0.3, -0.25) is 4.79 Å². The highest BCUT2D eigenvalue weighted by Crippen LogP contribution is 2.22. The molecule has 26 heavy (non-hydrogen) atoms. The minimum absolute atomic E-state index is 0.0195. The first-order valence-corrected chi connectivity index (χ1v) is 9.84. The number of amides is 1. The van der Waals surface area contributed by atoms with Crippen LogP contribution in [0.2, 0.25) is 0 Å². The summed E-state index contributed by atoms with van der Waals surface area (Å²) < 4.78 is 6.22. The third-order valence-electron chi connectivity index (χ3n) is 4.80. The molecule has 1 fully saturated rings.